The summed E-state index contributed by atoms with van der Waals surface area (Å²) in [5.41, 5.74) is 0.562. The minimum Gasteiger partial charge on any atom is -0.482 e. The molecular weight excluding hydrogens is 330 g/mol. The lowest BCUT2D eigenvalue weighted by molar-refractivity contribution is -0.141. The van der Waals surface area contributed by atoms with Crippen LogP contribution in [0.5, 0.6) is 5.75 Å². The van der Waals surface area contributed by atoms with Crippen molar-refractivity contribution in [1.82, 2.24) is 10.2 Å². The monoisotopic (exact) mass is 349 g/mol. The van der Waals surface area contributed by atoms with Crippen LogP contribution < -0.4 is 15.4 Å². The topological polar surface area (TPSA) is 125 Å². The molecule has 9 nitrogen and oxygen atoms in total. The number of benzene rings is 1. The van der Waals surface area contributed by atoms with Crippen molar-refractivity contribution in [2.75, 3.05) is 25.0 Å². The van der Waals surface area contributed by atoms with Crippen LogP contribution in [0, 0.1) is 0 Å². The van der Waals surface area contributed by atoms with E-state index in [2.05, 4.69) is 10.6 Å². The molecule has 3 N–H and O–H groups in total. The molecule has 3 amide bonds. The number of aliphatic carboxylic acids is 1. The third kappa shape index (κ3) is 4.46. The molecule has 25 heavy (non-hydrogen) atoms. The summed E-state index contributed by atoms with van der Waals surface area (Å²) in [4.78, 5) is 47.5. The van der Waals surface area contributed by atoms with Crippen molar-refractivity contribution >= 4 is 29.4 Å². The van der Waals surface area contributed by atoms with E-state index >= 15 is 0 Å². The van der Waals surface area contributed by atoms with Crippen molar-refractivity contribution < 1.29 is 29.0 Å². The minimum atomic E-state index is -1.16. The fourth-order valence-electron chi connectivity index (χ4n) is 2.34. The van der Waals surface area contributed by atoms with E-state index in [9.17, 15) is 24.3 Å². The zero-order chi connectivity index (χ0) is 18.6. The summed E-state index contributed by atoms with van der Waals surface area (Å²) in [6.07, 6.45) is 0. The quantitative estimate of drug-likeness (QED) is 0.667. The number of nitrogens with one attached hydrogen (secondary N) is 2. The number of hydrogen-bond acceptors (Lipinski definition) is 5. The standard InChI is InChI=1S/C16H19N3O6/c1-9(16(23)24)19(6-5-17-10(2)20)15(22)11-3-4-13-12(7-11)18-14(21)8-25-13/h3-4,7,9H,5-6,8H2,1-2H3,(H,17,20)(H,18,21)(H,23,24). The Balaban J connectivity index is 2.22. The van der Waals surface area contributed by atoms with E-state index in [1.165, 1.54) is 26.0 Å². The lowest BCUT2D eigenvalue weighted by Gasteiger charge is -2.27. The summed E-state index contributed by atoms with van der Waals surface area (Å²) in [7, 11) is 0. The molecule has 1 aromatic rings. The summed E-state index contributed by atoms with van der Waals surface area (Å²) in [6.45, 7) is 2.78. The first-order chi connectivity index (χ1) is 11.8. The van der Waals surface area contributed by atoms with Gasteiger partial charge in [-0.3, -0.25) is 14.4 Å². The second-order valence-corrected chi connectivity index (χ2v) is 5.54. The molecule has 0 spiro atoms. The SMILES string of the molecule is CC(=O)NCCN(C(=O)c1ccc2c(c1)NC(=O)CO2)C(C)C(=O)O. The molecule has 1 aliphatic rings. The number of nitrogens with zero attached hydrogens (tertiary/aromatic N) is 1. The van der Waals surface area contributed by atoms with Gasteiger partial charge in [0.15, 0.2) is 6.61 Å². The van der Waals surface area contributed by atoms with Crippen LogP contribution in [0.2, 0.25) is 0 Å². The molecule has 9 heteroatoms. The van der Waals surface area contributed by atoms with E-state index < -0.39 is 17.9 Å². The Morgan fingerprint density at radius 2 is 2.12 bits per heavy atom. The van der Waals surface area contributed by atoms with Gasteiger partial charge in [-0.2, -0.15) is 0 Å². The lowest BCUT2D eigenvalue weighted by atomic mass is 10.1. The fourth-order valence-corrected chi connectivity index (χ4v) is 2.34. The van der Waals surface area contributed by atoms with Crippen molar-refractivity contribution in [2.24, 2.45) is 0 Å². The van der Waals surface area contributed by atoms with Gasteiger partial charge in [0.2, 0.25) is 5.91 Å². The average Bonchev–Trinajstić information content (AvgIpc) is 2.56. The Morgan fingerprint density at radius 1 is 1.40 bits per heavy atom. The highest BCUT2D eigenvalue weighted by atomic mass is 16.5. The minimum absolute atomic E-state index is 0.0336. The summed E-state index contributed by atoms with van der Waals surface area (Å²) in [6, 6.07) is 3.40. The Hall–Kier alpha value is -3.10. The van der Waals surface area contributed by atoms with Gasteiger partial charge in [-0.1, -0.05) is 0 Å². The highest BCUT2D eigenvalue weighted by molar-refractivity contribution is 6.00. The number of carbonyl (C=O) groups is 4. The van der Waals surface area contributed by atoms with Gasteiger partial charge >= 0.3 is 5.97 Å². The number of hydrogen-bond donors (Lipinski definition) is 3. The van der Waals surface area contributed by atoms with E-state index in [1.54, 1.807) is 6.07 Å². The first kappa shape index (κ1) is 18.2. The van der Waals surface area contributed by atoms with Crippen LogP contribution in [-0.2, 0) is 14.4 Å². The largest absolute Gasteiger partial charge is 0.482 e. The van der Waals surface area contributed by atoms with Gasteiger partial charge in [0, 0.05) is 25.6 Å². The molecular formula is C16H19N3O6. The summed E-state index contributed by atoms with van der Waals surface area (Å²) < 4.78 is 5.23. The molecule has 0 bridgehead atoms. The van der Waals surface area contributed by atoms with Crippen LogP contribution >= 0.6 is 0 Å². The van der Waals surface area contributed by atoms with Crippen LogP contribution in [0.1, 0.15) is 24.2 Å². The maximum absolute atomic E-state index is 12.7. The highest BCUT2D eigenvalue weighted by Crippen LogP contribution is 2.29. The zero-order valence-electron chi connectivity index (χ0n) is 13.9. The number of ether oxygens (including phenoxy) is 1. The number of amides is 3. The first-order valence-electron chi connectivity index (χ1n) is 7.64. The Kier molecular flexibility index (Phi) is 5.58. The molecule has 1 aliphatic heterocycles. The van der Waals surface area contributed by atoms with E-state index in [0.29, 0.717) is 11.4 Å². The van der Waals surface area contributed by atoms with Crippen LogP contribution in [0.4, 0.5) is 5.69 Å². The summed E-state index contributed by atoms with van der Waals surface area (Å²) in [5.74, 6) is -1.86. The fraction of sp³-hybridized carbons (Fsp3) is 0.375. The highest BCUT2D eigenvalue weighted by Gasteiger charge is 2.27. The summed E-state index contributed by atoms with van der Waals surface area (Å²) in [5, 5.41) is 14.4. The molecule has 1 atom stereocenters. The Morgan fingerprint density at radius 3 is 2.76 bits per heavy atom. The molecule has 1 aromatic carbocycles. The molecule has 1 unspecified atom stereocenters. The van der Waals surface area contributed by atoms with E-state index in [1.807, 2.05) is 0 Å². The predicted octanol–water partition coefficient (Wildman–Crippen LogP) is 0.0689. The van der Waals surface area contributed by atoms with Crippen molar-refractivity contribution in [3.63, 3.8) is 0 Å². The van der Waals surface area contributed by atoms with Gasteiger partial charge in [0.05, 0.1) is 5.69 Å². The zero-order valence-corrected chi connectivity index (χ0v) is 13.9. The second-order valence-electron chi connectivity index (χ2n) is 5.54. The first-order valence-corrected chi connectivity index (χ1v) is 7.64. The molecule has 0 saturated heterocycles. The van der Waals surface area contributed by atoms with Crippen LogP contribution in [0.15, 0.2) is 18.2 Å². The summed E-state index contributed by atoms with van der Waals surface area (Å²) >= 11 is 0. The predicted molar refractivity (Wildman–Crippen MR) is 87.4 cm³/mol. The third-order valence-corrected chi connectivity index (χ3v) is 3.67. The smallest absolute Gasteiger partial charge is 0.326 e. The van der Waals surface area contributed by atoms with Crippen LogP contribution in [-0.4, -0.2) is 59.4 Å². The van der Waals surface area contributed by atoms with Gasteiger partial charge in [-0.25, -0.2) is 4.79 Å². The molecule has 0 saturated carbocycles. The van der Waals surface area contributed by atoms with E-state index in [4.69, 9.17) is 4.74 Å². The number of carbonyl (C=O) groups excluding carboxylic acids is 3. The molecule has 0 aliphatic carbocycles. The van der Waals surface area contributed by atoms with E-state index in [0.717, 1.165) is 4.90 Å². The maximum atomic E-state index is 12.7. The number of fused-ring (bicyclic) bond motifs is 1. The number of anilines is 1. The maximum Gasteiger partial charge on any atom is 0.326 e. The number of rotatable bonds is 6. The van der Waals surface area contributed by atoms with Gasteiger partial charge in [-0.05, 0) is 25.1 Å². The third-order valence-electron chi connectivity index (χ3n) is 3.67. The Labute approximate surface area is 143 Å². The van der Waals surface area contributed by atoms with Crippen molar-refractivity contribution in [2.45, 2.75) is 19.9 Å². The Bertz CT molecular complexity index is 718. The second kappa shape index (κ2) is 7.65. The van der Waals surface area contributed by atoms with Gasteiger partial charge in [-0.15, -0.1) is 0 Å². The van der Waals surface area contributed by atoms with Crippen LogP contribution in [0.3, 0.4) is 0 Å². The van der Waals surface area contributed by atoms with Gasteiger partial charge in [0.1, 0.15) is 11.8 Å². The average molecular weight is 349 g/mol. The molecule has 0 radical (unpaired) electrons. The normalized spacial score (nSPS) is 13.8. The lowest BCUT2D eigenvalue weighted by Crippen LogP contribution is -2.46. The van der Waals surface area contributed by atoms with Crippen molar-refractivity contribution in [3.8, 4) is 5.75 Å². The van der Waals surface area contributed by atoms with Gasteiger partial charge in [0.25, 0.3) is 11.8 Å². The van der Waals surface area contributed by atoms with Gasteiger partial charge < -0.3 is 25.4 Å². The molecule has 2 rings (SSSR count). The molecule has 0 aromatic heterocycles. The molecule has 134 valence electrons. The van der Waals surface area contributed by atoms with Crippen LogP contribution in [0.25, 0.3) is 0 Å². The van der Waals surface area contributed by atoms with Crippen molar-refractivity contribution in [1.29, 1.82) is 0 Å². The number of carboxylic acid groups (broad SMARTS) is 1. The molecule has 0 fully saturated rings. The van der Waals surface area contributed by atoms with Crippen molar-refractivity contribution in [3.05, 3.63) is 23.8 Å². The molecule has 1 heterocycles. The number of carboxylic acids is 1. The van der Waals surface area contributed by atoms with E-state index in [-0.39, 0.29) is 37.1 Å².